The fourth-order valence-corrected chi connectivity index (χ4v) is 3.11. The van der Waals surface area contributed by atoms with E-state index in [1.165, 1.54) is 0 Å². The number of hydrogen-bond donors (Lipinski definition) is 2. The summed E-state index contributed by atoms with van der Waals surface area (Å²) in [6, 6.07) is 6.98. The van der Waals surface area contributed by atoms with Gasteiger partial charge in [0, 0.05) is 40.8 Å². The van der Waals surface area contributed by atoms with E-state index in [-0.39, 0.29) is 23.3 Å². The lowest BCUT2D eigenvalue weighted by atomic mass is 10.1. The van der Waals surface area contributed by atoms with Crippen LogP contribution in [0.3, 0.4) is 0 Å². The minimum absolute atomic E-state index is 0.0190. The number of halogens is 4. The highest BCUT2D eigenvalue weighted by molar-refractivity contribution is 9.10. The van der Waals surface area contributed by atoms with E-state index in [2.05, 4.69) is 43.1 Å². The average Bonchev–Trinajstić information content (AvgIpc) is 3.12. The maximum atomic E-state index is 13.5. The van der Waals surface area contributed by atoms with Crippen LogP contribution in [0.15, 0.2) is 41.5 Å². The van der Waals surface area contributed by atoms with E-state index in [0.29, 0.717) is 18.8 Å². The lowest BCUT2D eigenvalue weighted by Gasteiger charge is -2.18. The quantitative estimate of drug-likeness (QED) is 0.676. The topological polar surface area (TPSA) is 59.1 Å². The smallest absolute Gasteiger partial charge is 0.382 e. The minimum atomic E-state index is -4.64. The molecule has 0 saturated carbocycles. The van der Waals surface area contributed by atoms with Crippen molar-refractivity contribution in [3.05, 3.63) is 52.8 Å². The Balaban J connectivity index is 1.80. The van der Waals surface area contributed by atoms with Gasteiger partial charge < -0.3 is 15.4 Å². The summed E-state index contributed by atoms with van der Waals surface area (Å²) in [4.78, 5) is 7.68. The number of nitrogens with one attached hydrogen (secondary N) is 2. The third-order valence-electron chi connectivity index (χ3n) is 4.03. The van der Waals surface area contributed by atoms with E-state index >= 15 is 0 Å². The summed E-state index contributed by atoms with van der Waals surface area (Å²) in [5.41, 5.74) is -0.535. The van der Waals surface area contributed by atoms with E-state index in [1.54, 1.807) is 24.3 Å². The van der Waals surface area contributed by atoms with Gasteiger partial charge >= 0.3 is 6.18 Å². The van der Waals surface area contributed by atoms with Gasteiger partial charge in [-0.25, -0.2) is 9.97 Å². The SMILES string of the molecule is C=C(NCC1CCCO1)c1cnc(Nc2cccc(Br)c2)nc1C(F)(F)F. The van der Waals surface area contributed by atoms with Crippen LogP contribution in [0.25, 0.3) is 5.70 Å². The average molecular weight is 443 g/mol. The zero-order valence-corrected chi connectivity index (χ0v) is 15.9. The summed E-state index contributed by atoms with van der Waals surface area (Å²) in [5, 5.41) is 5.68. The summed E-state index contributed by atoms with van der Waals surface area (Å²) in [5.74, 6) is -0.142. The summed E-state index contributed by atoms with van der Waals surface area (Å²) in [7, 11) is 0. The van der Waals surface area contributed by atoms with Gasteiger partial charge in [0.2, 0.25) is 5.95 Å². The summed E-state index contributed by atoms with van der Waals surface area (Å²) >= 11 is 3.31. The molecular weight excluding hydrogens is 425 g/mol. The molecule has 2 N–H and O–H groups in total. The number of aromatic nitrogens is 2. The first-order chi connectivity index (χ1) is 12.8. The van der Waals surface area contributed by atoms with Crippen molar-refractivity contribution in [1.82, 2.24) is 15.3 Å². The van der Waals surface area contributed by atoms with Crippen molar-refractivity contribution < 1.29 is 17.9 Å². The van der Waals surface area contributed by atoms with Crippen LogP contribution in [0.1, 0.15) is 24.1 Å². The predicted octanol–water partition coefficient (Wildman–Crippen LogP) is 4.74. The summed E-state index contributed by atoms with van der Waals surface area (Å²) in [6.45, 7) is 4.78. The number of nitrogens with zero attached hydrogens (tertiary/aromatic N) is 2. The molecule has 0 amide bonds. The molecule has 1 aliphatic heterocycles. The summed E-state index contributed by atoms with van der Waals surface area (Å²) in [6.07, 6.45) is -1.71. The molecule has 1 saturated heterocycles. The second-order valence-electron chi connectivity index (χ2n) is 6.08. The van der Waals surface area contributed by atoms with E-state index < -0.39 is 11.9 Å². The first-order valence-corrected chi connectivity index (χ1v) is 9.14. The van der Waals surface area contributed by atoms with Gasteiger partial charge in [0.05, 0.1) is 6.10 Å². The fraction of sp³-hybridized carbons (Fsp3) is 0.333. The molecule has 0 bridgehead atoms. The Bertz CT molecular complexity index is 822. The van der Waals surface area contributed by atoms with E-state index in [9.17, 15) is 13.2 Å². The maximum absolute atomic E-state index is 13.5. The van der Waals surface area contributed by atoms with E-state index in [0.717, 1.165) is 23.5 Å². The highest BCUT2D eigenvalue weighted by Gasteiger charge is 2.37. The number of ether oxygens (including phenoxy) is 1. The molecule has 1 aliphatic rings. The van der Waals surface area contributed by atoms with Crippen LogP contribution in [0, 0.1) is 0 Å². The monoisotopic (exact) mass is 442 g/mol. The largest absolute Gasteiger partial charge is 0.434 e. The van der Waals surface area contributed by atoms with Crippen LogP contribution in [0.5, 0.6) is 0 Å². The molecule has 1 atom stereocenters. The molecule has 2 heterocycles. The Labute approximate surface area is 163 Å². The Morgan fingerprint density at radius 3 is 2.85 bits per heavy atom. The molecule has 1 unspecified atom stereocenters. The van der Waals surface area contributed by atoms with Crippen molar-refractivity contribution in [3.8, 4) is 0 Å². The molecule has 1 fully saturated rings. The maximum Gasteiger partial charge on any atom is 0.434 e. The molecule has 2 aromatic rings. The molecule has 3 rings (SSSR count). The van der Waals surface area contributed by atoms with Crippen molar-refractivity contribution in [1.29, 1.82) is 0 Å². The van der Waals surface area contributed by atoms with E-state index in [4.69, 9.17) is 4.74 Å². The number of alkyl halides is 3. The van der Waals surface area contributed by atoms with Gasteiger partial charge in [-0.15, -0.1) is 0 Å². The van der Waals surface area contributed by atoms with Gasteiger partial charge in [0.1, 0.15) is 0 Å². The molecule has 0 aliphatic carbocycles. The lowest BCUT2D eigenvalue weighted by molar-refractivity contribution is -0.141. The molecule has 0 spiro atoms. The zero-order valence-electron chi connectivity index (χ0n) is 14.3. The van der Waals surface area contributed by atoms with Crippen LogP contribution in [-0.4, -0.2) is 29.2 Å². The highest BCUT2D eigenvalue weighted by atomic mass is 79.9. The molecule has 1 aromatic heterocycles. The number of anilines is 2. The number of hydrogen-bond acceptors (Lipinski definition) is 5. The minimum Gasteiger partial charge on any atom is -0.382 e. The molecular formula is C18H18BrF3N4O. The normalized spacial score (nSPS) is 17.0. The molecule has 144 valence electrons. The van der Waals surface area contributed by atoms with Crippen molar-refractivity contribution >= 4 is 33.3 Å². The zero-order chi connectivity index (χ0) is 19.4. The van der Waals surface area contributed by atoms with Gasteiger partial charge in [0.25, 0.3) is 0 Å². The van der Waals surface area contributed by atoms with Crippen molar-refractivity contribution in [2.24, 2.45) is 0 Å². The Hall–Kier alpha value is -2.13. The van der Waals surface area contributed by atoms with Crippen LogP contribution in [-0.2, 0) is 10.9 Å². The Morgan fingerprint density at radius 2 is 2.19 bits per heavy atom. The molecule has 27 heavy (non-hydrogen) atoms. The number of benzene rings is 1. The standard InChI is InChI=1S/C18H18BrF3N4O/c1-11(23-9-14-6-3-7-27-14)15-10-24-17(26-16(15)18(20,21)22)25-13-5-2-4-12(19)8-13/h2,4-5,8,10,14,23H,1,3,6-7,9H2,(H,24,25,26). The lowest BCUT2D eigenvalue weighted by Crippen LogP contribution is -2.26. The van der Waals surface area contributed by atoms with Crippen molar-refractivity contribution in [3.63, 3.8) is 0 Å². The highest BCUT2D eigenvalue weighted by Crippen LogP contribution is 2.33. The Morgan fingerprint density at radius 1 is 1.37 bits per heavy atom. The van der Waals surface area contributed by atoms with Gasteiger partial charge in [-0.1, -0.05) is 28.6 Å². The first-order valence-electron chi connectivity index (χ1n) is 8.34. The van der Waals surface area contributed by atoms with Gasteiger partial charge in [-0.2, -0.15) is 13.2 Å². The van der Waals surface area contributed by atoms with Crippen LogP contribution >= 0.6 is 15.9 Å². The molecule has 5 nitrogen and oxygen atoms in total. The van der Waals surface area contributed by atoms with E-state index in [1.807, 2.05) is 0 Å². The van der Waals surface area contributed by atoms with Crippen molar-refractivity contribution in [2.75, 3.05) is 18.5 Å². The Kier molecular flexibility index (Phi) is 6.01. The summed E-state index contributed by atoms with van der Waals surface area (Å²) < 4.78 is 46.8. The third-order valence-corrected chi connectivity index (χ3v) is 4.52. The molecule has 1 aromatic carbocycles. The molecule has 0 radical (unpaired) electrons. The van der Waals surface area contributed by atoms with Gasteiger partial charge in [0.15, 0.2) is 5.69 Å². The fourth-order valence-electron chi connectivity index (χ4n) is 2.71. The predicted molar refractivity (Wildman–Crippen MR) is 100 cm³/mol. The van der Waals surface area contributed by atoms with Gasteiger partial charge in [-0.05, 0) is 31.0 Å². The number of rotatable bonds is 6. The van der Waals surface area contributed by atoms with Crippen LogP contribution in [0.4, 0.5) is 24.8 Å². The van der Waals surface area contributed by atoms with Gasteiger partial charge in [-0.3, -0.25) is 0 Å². The first kappa shape index (κ1) is 19.6. The third kappa shape index (κ3) is 5.20. The van der Waals surface area contributed by atoms with Crippen molar-refractivity contribution in [2.45, 2.75) is 25.1 Å². The van der Waals surface area contributed by atoms with Crippen LogP contribution in [0.2, 0.25) is 0 Å². The van der Waals surface area contributed by atoms with Crippen LogP contribution < -0.4 is 10.6 Å². The second-order valence-corrected chi connectivity index (χ2v) is 7.00. The molecule has 9 heteroatoms. The second kappa shape index (κ2) is 8.26.